The molecule has 0 fully saturated rings. The molecule has 0 aliphatic rings. The number of rotatable bonds is 6. The Balaban J connectivity index is 2.00. The van der Waals surface area contributed by atoms with Gasteiger partial charge in [-0.1, -0.05) is 30.7 Å². The number of carbonyl (C=O) groups excluding carboxylic acids is 1. The highest BCUT2D eigenvalue weighted by Gasteiger charge is 2.13. The number of ether oxygens (including phenoxy) is 1. The summed E-state index contributed by atoms with van der Waals surface area (Å²) in [5, 5.41) is 3.13. The van der Waals surface area contributed by atoms with Gasteiger partial charge in [0.2, 0.25) is 0 Å². The second-order valence-electron chi connectivity index (χ2n) is 3.88. The molecule has 6 heteroatoms. The quantitative estimate of drug-likeness (QED) is 0.583. The summed E-state index contributed by atoms with van der Waals surface area (Å²) in [5.41, 5.74) is 1.26. The Bertz CT molecular complexity index is 586. The molecular weight excluding hydrogens is 314 g/mol. The molecule has 2 rings (SSSR count). The fraction of sp³-hybridized carbons (Fsp3) is 0.286. The lowest BCUT2D eigenvalue weighted by Crippen LogP contribution is -2.08. The van der Waals surface area contributed by atoms with Gasteiger partial charge in [-0.05, 0) is 17.9 Å². The maximum absolute atomic E-state index is 11.8. The Hall–Kier alpha value is -1.04. The SMILES string of the molecule is CCSCCOC(=O)c1csc(-c2cccc(Cl)c2)n1. The molecule has 0 saturated heterocycles. The lowest BCUT2D eigenvalue weighted by molar-refractivity contribution is 0.0524. The zero-order valence-electron chi connectivity index (χ0n) is 11.0. The molecule has 2 aromatic rings. The summed E-state index contributed by atoms with van der Waals surface area (Å²) in [7, 11) is 0. The molecule has 1 aromatic carbocycles. The van der Waals surface area contributed by atoms with Gasteiger partial charge >= 0.3 is 5.97 Å². The number of hydrogen-bond donors (Lipinski definition) is 0. The fourth-order valence-corrected chi connectivity index (χ4v) is 3.00. The van der Waals surface area contributed by atoms with Crippen molar-refractivity contribution >= 4 is 40.7 Å². The van der Waals surface area contributed by atoms with Crippen LogP contribution >= 0.6 is 34.7 Å². The minimum absolute atomic E-state index is 0.353. The van der Waals surface area contributed by atoms with E-state index in [2.05, 4.69) is 11.9 Å². The summed E-state index contributed by atoms with van der Waals surface area (Å²) in [6, 6.07) is 7.41. The molecule has 0 unspecified atom stereocenters. The van der Waals surface area contributed by atoms with Crippen LogP contribution in [0.25, 0.3) is 10.6 Å². The van der Waals surface area contributed by atoms with Crippen LogP contribution in [0, 0.1) is 0 Å². The lowest BCUT2D eigenvalue weighted by Gasteiger charge is -2.01. The molecule has 0 saturated carbocycles. The fourth-order valence-electron chi connectivity index (χ4n) is 1.53. The molecule has 0 aliphatic heterocycles. The predicted octanol–water partition coefficient (Wildman–Crippen LogP) is 4.37. The minimum Gasteiger partial charge on any atom is -0.460 e. The smallest absolute Gasteiger partial charge is 0.357 e. The molecular formula is C14H14ClNO2S2. The highest BCUT2D eigenvalue weighted by atomic mass is 35.5. The Morgan fingerprint density at radius 2 is 2.35 bits per heavy atom. The van der Waals surface area contributed by atoms with Crippen LogP contribution in [0.1, 0.15) is 17.4 Å². The number of nitrogens with zero attached hydrogens (tertiary/aromatic N) is 1. The van der Waals surface area contributed by atoms with E-state index in [1.807, 2.05) is 18.2 Å². The Morgan fingerprint density at radius 3 is 3.10 bits per heavy atom. The number of halogens is 1. The first-order valence-electron chi connectivity index (χ1n) is 6.17. The maximum Gasteiger partial charge on any atom is 0.357 e. The second kappa shape index (κ2) is 7.67. The van der Waals surface area contributed by atoms with E-state index in [1.54, 1.807) is 23.2 Å². The van der Waals surface area contributed by atoms with Crippen molar-refractivity contribution in [2.24, 2.45) is 0 Å². The molecule has 0 amide bonds. The number of hydrogen-bond acceptors (Lipinski definition) is 5. The number of benzene rings is 1. The molecule has 1 aromatic heterocycles. The molecule has 106 valence electrons. The number of carbonyl (C=O) groups is 1. The predicted molar refractivity (Wildman–Crippen MR) is 85.8 cm³/mol. The van der Waals surface area contributed by atoms with E-state index in [0.29, 0.717) is 17.3 Å². The van der Waals surface area contributed by atoms with E-state index < -0.39 is 0 Å². The third-order valence-electron chi connectivity index (χ3n) is 2.45. The van der Waals surface area contributed by atoms with Crippen LogP contribution in [-0.4, -0.2) is 29.1 Å². The molecule has 0 radical (unpaired) electrons. The highest BCUT2D eigenvalue weighted by molar-refractivity contribution is 7.99. The van der Waals surface area contributed by atoms with Crippen molar-refractivity contribution in [3.8, 4) is 10.6 Å². The minimum atomic E-state index is -0.369. The van der Waals surface area contributed by atoms with E-state index in [-0.39, 0.29) is 5.97 Å². The number of aromatic nitrogens is 1. The largest absolute Gasteiger partial charge is 0.460 e. The Labute approximate surface area is 131 Å². The van der Waals surface area contributed by atoms with Crippen molar-refractivity contribution in [3.63, 3.8) is 0 Å². The van der Waals surface area contributed by atoms with Crippen molar-refractivity contribution < 1.29 is 9.53 Å². The van der Waals surface area contributed by atoms with Gasteiger partial charge in [0.25, 0.3) is 0 Å². The molecule has 0 atom stereocenters. The summed E-state index contributed by atoms with van der Waals surface area (Å²) in [6.45, 7) is 2.49. The van der Waals surface area contributed by atoms with Gasteiger partial charge in [0, 0.05) is 21.7 Å². The van der Waals surface area contributed by atoms with Gasteiger partial charge in [0.1, 0.15) is 11.6 Å². The summed E-state index contributed by atoms with van der Waals surface area (Å²) < 4.78 is 5.16. The normalized spacial score (nSPS) is 10.5. The van der Waals surface area contributed by atoms with Gasteiger partial charge < -0.3 is 4.74 Å². The van der Waals surface area contributed by atoms with E-state index in [4.69, 9.17) is 16.3 Å². The second-order valence-corrected chi connectivity index (χ2v) is 6.57. The maximum atomic E-state index is 11.8. The first kappa shape index (κ1) is 15.4. The molecule has 0 bridgehead atoms. The van der Waals surface area contributed by atoms with Gasteiger partial charge in [-0.3, -0.25) is 0 Å². The van der Waals surface area contributed by atoms with Crippen LogP contribution in [0.5, 0.6) is 0 Å². The topological polar surface area (TPSA) is 39.2 Å². The standard InChI is InChI=1S/C14H14ClNO2S2/c1-2-19-7-6-18-14(17)12-9-20-13(16-12)10-4-3-5-11(15)8-10/h3-5,8-9H,2,6-7H2,1H3. The van der Waals surface area contributed by atoms with E-state index in [1.165, 1.54) is 11.3 Å². The summed E-state index contributed by atoms with van der Waals surface area (Å²) >= 11 is 9.09. The third-order valence-corrected chi connectivity index (χ3v) is 4.44. The van der Waals surface area contributed by atoms with Gasteiger partial charge in [0.05, 0.1) is 0 Å². The van der Waals surface area contributed by atoms with Crippen LogP contribution in [0.2, 0.25) is 5.02 Å². The lowest BCUT2D eigenvalue weighted by atomic mass is 10.2. The van der Waals surface area contributed by atoms with Gasteiger partial charge in [-0.15, -0.1) is 11.3 Å². The molecule has 3 nitrogen and oxygen atoms in total. The van der Waals surface area contributed by atoms with Crippen molar-refractivity contribution in [2.45, 2.75) is 6.92 Å². The molecule has 20 heavy (non-hydrogen) atoms. The average molecular weight is 328 g/mol. The Morgan fingerprint density at radius 1 is 1.50 bits per heavy atom. The molecule has 0 spiro atoms. The number of thiazole rings is 1. The zero-order valence-corrected chi connectivity index (χ0v) is 13.4. The summed E-state index contributed by atoms with van der Waals surface area (Å²) in [5.74, 6) is 1.46. The monoisotopic (exact) mass is 327 g/mol. The van der Waals surface area contributed by atoms with E-state index in [0.717, 1.165) is 22.1 Å². The molecule has 0 N–H and O–H groups in total. The third kappa shape index (κ3) is 4.23. The van der Waals surface area contributed by atoms with Crippen LogP contribution in [-0.2, 0) is 4.74 Å². The average Bonchev–Trinajstić information content (AvgIpc) is 2.93. The zero-order chi connectivity index (χ0) is 14.4. The number of thioether (sulfide) groups is 1. The molecule has 0 aliphatic carbocycles. The van der Waals surface area contributed by atoms with Crippen molar-refractivity contribution in [3.05, 3.63) is 40.4 Å². The van der Waals surface area contributed by atoms with Gasteiger partial charge in [0.15, 0.2) is 5.69 Å². The first-order valence-corrected chi connectivity index (χ1v) is 8.58. The van der Waals surface area contributed by atoms with Gasteiger partial charge in [-0.25, -0.2) is 9.78 Å². The van der Waals surface area contributed by atoms with Gasteiger partial charge in [-0.2, -0.15) is 11.8 Å². The van der Waals surface area contributed by atoms with Crippen molar-refractivity contribution in [2.75, 3.05) is 18.1 Å². The molecule has 1 heterocycles. The van der Waals surface area contributed by atoms with E-state index in [9.17, 15) is 4.79 Å². The van der Waals surface area contributed by atoms with Crippen LogP contribution in [0.15, 0.2) is 29.6 Å². The van der Waals surface area contributed by atoms with Crippen LogP contribution in [0.4, 0.5) is 0 Å². The highest BCUT2D eigenvalue weighted by Crippen LogP contribution is 2.26. The van der Waals surface area contributed by atoms with Crippen molar-refractivity contribution in [1.29, 1.82) is 0 Å². The van der Waals surface area contributed by atoms with E-state index >= 15 is 0 Å². The summed E-state index contributed by atoms with van der Waals surface area (Å²) in [4.78, 5) is 16.1. The first-order chi connectivity index (χ1) is 9.70. The van der Waals surface area contributed by atoms with Crippen LogP contribution < -0.4 is 0 Å². The number of esters is 1. The van der Waals surface area contributed by atoms with Crippen LogP contribution in [0.3, 0.4) is 0 Å². The van der Waals surface area contributed by atoms with Crippen molar-refractivity contribution in [1.82, 2.24) is 4.98 Å². The summed E-state index contributed by atoms with van der Waals surface area (Å²) in [6.07, 6.45) is 0. The Kier molecular flexibility index (Phi) is 5.88.